The van der Waals surface area contributed by atoms with E-state index in [2.05, 4.69) is 20.7 Å². The molecule has 1 fully saturated rings. The Morgan fingerprint density at radius 2 is 1.89 bits per heavy atom. The van der Waals surface area contributed by atoms with Crippen molar-refractivity contribution in [2.75, 3.05) is 33.3 Å². The van der Waals surface area contributed by atoms with Gasteiger partial charge < -0.3 is 14.5 Å². The quantitative estimate of drug-likeness (QED) is 0.790. The number of halogens is 1. The second-order valence-corrected chi connectivity index (χ2v) is 6.18. The number of methoxy groups -OCH3 is 1. The Hall–Kier alpha value is -1.08. The minimum absolute atomic E-state index is 0.0152. The van der Waals surface area contributed by atoms with Crippen molar-refractivity contribution in [1.82, 2.24) is 9.80 Å². The Kier molecular flexibility index (Phi) is 4.23. The highest BCUT2D eigenvalue weighted by Crippen LogP contribution is 2.22. The Morgan fingerprint density at radius 3 is 2.39 bits per heavy atom. The van der Waals surface area contributed by atoms with Crippen molar-refractivity contribution in [3.8, 4) is 0 Å². The summed E-state index contributed by atoms with van der Waals surface area (Å²) in [4.78, 5) is 26.8. The Balaban J connectivity index is 1.94. The van der Waals surface area contributed by atoms with E-state index in [0.29, 0.717) is 31.7 Å². The van der Waals surface area contributed by atoms with Gasteiger partial charge in [0.05, 0.1) is 16.5 Å². The molecule has 0 atom stereocenters. The number of rotatable bonds is 1. The molecule has 1 aliphatic rings. The maximum atomic E-state index is 12.1. The van der Waals surface area contributed by atoms with Gasteiger partial charge in [-0.05, 0) is 22.0 Å². The predicted molar refractivity (Wildman–Crippen MR) is 71.9 cm³/mol. The summed E-state index contributed by atoms with van der Waals surface area (Å²) in [6.07, 6.45) is -0.333. The molecule has 7 heteroatoms. The third-order valence-corrected chi connectivity index (χ3v) is 4.32. The first-order valence-corrected chi connectivity index (χ1v) is 7.15. The predicted octanol–water partition coefficient (Wildman–Crippen LogP) is 2.03. The highest BCUT2D eigenvalue weighted by atomic mass is 79.9. The van der Waals surface area contributed by atoms with Crippen LogP contribution >= 0.6 is 27.3 Å². The molecule has 0 aromatic carbocycles. The molecule has 18 heavy (non-hydrogen) atoms. The van der Waals surface area contributed by atoms with E-state index >= 15 is 0 Å². The van der Waals surface area contributed by atoms with Gasteiger partial charge in [0.15, 0.2) is 0 Å². The van der Waals surface area contributed by atoms with Crippen molar-refractivity contribution < 1.29 is 14.3 Å². The minimum Gasteiger partial charge on any atom is -0.453 e. The van der Waals surface area contributed by atoms with Crippen molar-refractivity contribution in [3.63, 3.8) is 0 Å². The zero-order valence-electron chi connectivity index (χ0n) is 9.89. The molecule has 98 valence electrons. The number of hydrogen-bond donors (Lipinski definition) is 0. The standard InChI is InChI=1S/C11H13BrN2O3S/c1-17-11(16)14-4-2-13(3-5-14)10(15)8-6-9(12)18-7-8/h6-7H,2-5H2,1H3. The van der Waals surface area contributed by atoms with Crippen molar-refractivity contribution in [2.45, 2.75) is 0 Å². The molecular weight excluding hydrogens is 320 g/mol. The number of piperazine rings is 1. The van der Waals surface area contributed by atoms with Crippen LogP contribution in [0.4, 0.5) is 4.79 Å². The summed E-state index contributed by atoms with van der Waals surface area (Å²) in [5.74, 6) is 0.0152. The van der Waals surface area contributed by atoms with E-state index in [0.717, 1.165) is 3.79 Å². The summed E-state index contributed by atoms with van der Waals surface area (Å²) in [6.45, 7) is 2.12. The van der Waals surface area contributed by atoms with E-state index < -0.39 is 0 Å². The molecule has 0 aliphatic carbocycles. The van der Waals surface area contributed by atoms with Gasteiger partial charge in [-0.2, -0.15) is 0 Å². The number of carbonyl (C=O) groups is 2. The molecule has 1 aliphatic heterocycles. The van der Waals surface area contributed by atoms with Gasteiger partial charge in [0.1, 0.15) is 0 Å². The van der Waals surface area contributed by atoms with Crippen molar-refractivity contribution >= 4 is 39.3 Å². The number of carbonyl (C=O) groups excluding carboxylic acids is 2. The van der Waals surface area contributed by atoms with E-state index in [1.165, 1.54) is 18.4 Å². The Labute approximate surface area is 117 Å². The van der Waals surface area contributed by atoms with Crippen molar-refractivity contribution in [2.24, 2.45) is 0 Å². The number of hydrogen-bond acceptors (Lipinski definition) is 4. The van der Waals surface area contributed by atoms with Crippen LogP contribution in [0.25, 0.3) is 0 Å². The van der Waals surface area contributed by atoms with Gasteiger partial charge in [0.25, 0.3) is 5.91 Å². The molecule has 0 bridgehead atoms. The molecule has 0 unspecified atom stereocenters. The summed E-state index contributed by atoms with van der Waals surface area (Å²) in [7, 11) is 1.36. The fourth-order valence-electron chi connectivity index (χ4n) is 1.83. The fourth-order valence-corrected chi connectivity index (χ4v) is 2.96. The van der Waals surface area contributed by atoms with Gasteiger partial charge in [0, 0.05) is 31.6 Å². The van der Waals surface area contributed by atoms with Gasteiger partial charge >= 0.3 is 6.09 Å². The van der Waals surface area contributed by atoms with E-state index in [1.807, 2.05) is 11.4 Å². The normalized spacial score (nSPS) is 15.7. The number of thiophene rings is 1. The summed E-state index contributed by atoms with van der Waals surface area (Å²) in [5, 5.41) is 1.83. The van der Waals surface area contributed by atoms with E-state index in [4.69, 9.17) is 0 Å². The number of amides is 2. The Bertz CT molecular complexity index is 455. The highest BCUT2D eigenvalue weighted by Gasteiger charge is 2.25. The van der Waals surface area contributed by atoms with Crippen molar-refractivity contribution in [1.29, 1.82) is 0 Å². The maximum absolute atomic E-state index is 12.1. The number of nitrogens with zero attached hydrogens (tertiary/aromatic N) is 2. The summed E-state index contributed by atoms with van der Waals surface area (Å²) in [6, 6.07) is 1.82. The van der Waals surface area contributed by atoms with Crippen LogP contribution in [0.2, 0.25) is 0 Å². The average molecular weight is 333 g/mol. The van der Waals surface area contributed by atoms with Gasteiger partial charge in [-0.15, -0.1) is 11.3 Å². The van der Waals surface area contributed by atoms with Crippen LogP contribution in [0.5, 0.6) is 0 Å². The Morgan fingerprint density at radius 1 is 1.28 bits per heavy atom. The molecule has 5 nitrogen and oxygen atoms in total. The molecule has 1 saturated heterocycles. The lowest BCUT2D eigenvalue weighted by molar-refractivity contribution is 0.0600. The molecule has 0 saturated carbocycles. The minimum atomic E-state index is -0.333. The molecule has 0 radical (unpaired) electrons. The molecule has 1 aromatic rings. The number of ether oxygens (including phenoxy) is 1. The molecule has 2 amide bonds. The van der Waals surface area contributed by atoms with Crippen LogP contribution in [0.3, 0.4) is 0 Å². The lowest BCUT2D eigenvalue weighted by Crippen LogP contribution is -2.50. The second kappa shape index (κ2) is 5.71. The first-order valence-electron chi connectivity index (χ1n) is 5.48. The van der Waals surface area contributed by atoms with Crippen LogP contribution in [-0.2, 0) is 4.74 Å². The first kappa shape index (κ1) is 13.4. The molecule has 0 spiro atoms. The summed E-state index contributed by atoms with van der Waals surface area (Å²) < 4.78 is 5.60. The molecule has 2 heterocycles. The smallest absolute Gasteiger partial charge is 0.409 e. The molecule has 2 rings (SSSR count). The average Bonchev–Trinajstić information content (AvgIpc) is 2.84. The first-order chi connectivity index (χ1) is 8.61. The van der Waals surface area contributed by atoms with Gasteiger partial charge in [-0.3, -0.25) is 4.79 Å². The fraction of sp³-hybridized carbons (Fsp3) is 0.455. The monoisotopic (exact) mass is 332 g/mol. The zero-order valence-corrected chi connectivity index (χ0v) is 12.3. The second-order valence-electron chi connectivity index (χ2n) is 3.89. The zero-order chi connectivity index (χ0) is 13.1. The molecule has 0 N–H and O–H groups in total. The summed E-state index contributed by atoms with van der Waals surface area (Å²) in [5.41, 5.74) is 0.693. The lowest BCUT2D eigenvalue weighted by atomic mass is 10.2. The van der Waals surface area contributed by atoms with Crippen LogP contribution in [0.15, 0.2) is 15.2 Å². The van der Waals surface area contributed by atoms with Crippen LogP contribution in [0, 0.1) is 0 Å². The van der Waals surface area contributed by atoms with Crippen LogP contribution in [0.1, 0.15) is 10.4 Å². The van der Waals surface area contributed by atoms with Gasteiger partial charge in [-0.25, -0.2) is 4.79 Å². The third-order valence-electron chi connectivity index (χ3n) is 2.81. The SMILES string of the molecule is COC(=O)N1CCN(C(=O)c2csc(Br)c2)CC1. The molecular formula is C11H13BrN2O3S. The van der Waals surface area contributed by atoms with Crippen molar-refractivity contribution in [3.05, 3.63) is 20.8 Å². The lowest BCUT2D eigenvalue weighted by Gasteiger charge is -2.33. The van der Waals surface area contributed by atoms with E-state index in [1.54, 1.807) is 9.80 Å². The van der Waals surface area contributed by atoms with Gasteiger partial charge in [0.2, 0.25) is 0 Å². The summed E-state index contributed by atoms with van der Waals surface area (Å²) >= 11 is 4.83. The highest BCUT2D eigenvalue weighted by molar-refractivity contribution is 9.11. The largest absolute Gasteiger partial charge is 0.453 e. The van der Waals surface area contributed by atoms with Crippen LogP contribution < -0.4 is 0 Å². The molecule has 1 aromatic heterocycles. The third kappa shape index (κ3) is 2.84. The topological polar surface area (TPSA) is 49.9 Å². The van der Waals surface area contributed by atoms with Crippen LogP contribution in [-0.4, -0.2) is 55.1 Å². The van der Waals surface area contributed by atoms with Gasteiger partial charge in [-0.1, -0.05) is 0 Å². The maximum Gasteiger partial charge on any atom is 0.409 e. The van der Waals surface area contributed by atoms with E-state index in [9.17, 15) is 9.59 Å². The van der Waals surface area contributed by atoms with E-state index in [-0.39, 0.29) is 12.0 Å².